The first-order valence-electron chi connectivity index (χ1n) is 5.31. The highest BCUT2D eigenvalue weighted by Gasteiger charge is 2.14. The summed E-state index contributed by atoms with van der Waals surface area (Å²) in [6.45, 7) is 4.78. The first-order chi connectivity index (χ1) is 8.04. The van der Waals surface area contributed by atoms with Crippen molar-refractivity contribution in [2.75, 3.05) is 13.2 Å². The Kier molecular flexibility index (Phi) is 5.44. The molecule has 17 heavy (non-hydrogen) atoms. The standard InChI is InChI=1S/C12H15BrO4/c1-3-16-7-8(2)17-11-5-4-9(13)6-10(11)12(14)15/h4-6,8H,3,7H2,1-2H3,(H,14,15). The molecule has 0 aliphatic rings. The number of halogens is 1. The van der Waals surface area contributed by atoms with E-state index in [1.54, 1.807) is 12.1 Å². The van der Waals surface area contributed by atoms with E-state index in [1.165, 1.54) is 6.07 Å². The Morgan fingerprint density at radius 2 is 2.24 bits per heavy atom. The zero-order valence-electron chi connectivity index (χ0n) is 9.77. The Hall–Kier alpha value is -1.07. The monoisotopic (exact) mass is 302 g/mol. The molecule has 0 amide bonds. The molecule has 0 saturated carbocycles. The highest BCUT2D eigenvalue weighted by molar-refractivity contribution is 9.10. The Morgan fingerprint density at radius 3 is 2.82 bits per heavy atom. The number of ether oxygens (including phenoxy) is 2. The van der Waals surface area contributed by atoms with Crippen molar-refractivity contribution in [2.45, 2.75) is 20.0 Å². The van der Waals surface area contributed by atoms with Gasteiger partial charge >= 0.3 is 5.97 Å². The summed E-state index contributed by atoms with van der Waals surface area (Å²) in [5, 5.41) is 9.05. The zero-order valence-corrected chi connectivity index (χ0v) is 11.4. The number of hydrogen-bond donors (Lipinski definition) is 1. The maximum atomic E-state index is 11.0. The van der Waals surface area contributed by atoms with Gasteiger partial charge in [0.05, 0.1) is 6.61 Å². The third kappa shape index (κ3) is 4.36. The number of benzene rings is 1. The average molecular weight is 303 g/mol. The molecule has 5 heteroatoms. The molecule has 1 N–H and O–H groups in total. The first kappa shape index (κ1) is 14.0. The van der Waals surface area contributed by atoms with E-state index in [0.717, 1.165) is 0 Å². The molecule has 0 bridgehead atoms. The van der Waals surface area contributed by atoms with Crippen molar-refractivity contribution in [1.29, 1.82) is 0 Å². The lowest BCUT2D eigenvalue weighted by Crippen LogP contribution is -2.20. The fourth-order valence-corrected chi connectivity index (χ4v) is 1.67. The van der Waals surface area contributed by atoms with Crippen molar-refractivity contribution in [2.24, 2.45) is 0 Å². The van der Waals surface area contributed by atoms with Gasteiger partial charge in [0.25, 0.3) is 0 Å². The van der Waals surface area contributed by atoms with Crippen LogP contribution in [-0.4, -0.2) is 30.4 Å². The second-order valence-corrected chi connectivity index (χ2v) is 4.45. The Bertz CT molecular complexity index is 392. The van der Waals surface area contributed by atoms with Gasteiger partial charge in [-0.1, -0.05) is 15.9 Å². The van der Waals surface area contributed by atoms with Gasteiger partial charge in [0.15, 0.2) is 0 Å². The lowest BCUT2D eigenvalue weighted by Gasteiger charge is -2.16. The summed E-state index contributed by atoms with van der Waals surface area (Å²) >= 11 is 3.23. The molecule has 0 aliphatic heterocycles. The van der Waals surface area contributed by atoms with Gasteiger partial charge in [-0.25, -0.2) is 4.79 Å². The summed E-state index contributed by atoms with van der Waals surface area (Å²) in [7, 11) is 0. The van der Waals surface area contributed by atoms with Crippen LogP contribution in [0.1, 0.15) is 24.2 Å². The van der Waals surface area contributed by atoms with E-state index in [2.05, 4.69) is 15.9 Å². The van der Waals surface area contributed by atoms with Crippen LogP contribution in [0.3, 0.4) is 0 Å². The zero-order chi connectivity index (χ0) is 12.8. The predicted octanol–water partition coefficient (Wildman–Crippen LogP) is 2.95. The van der Waals surface area contributed by atoms with Crippen molar-refractivity contribution in [3.05, 3.63) is 28.2 Å². The molecule has 0 saturated heterocycles. The van der Waals surface area contributed by atoms with Crippen LogP contribution in [0.2, 0.25) is 0 Å². The molecule has 0 spiro atoms. The molecule has 1 aromatic carbocycles. The molecular formula is C12H15BrO4. The predicted molar refractivity (Wildman–Crippen MR) is 67.7 cm³/mol. The van der Waals surface area contributed by atoms with Gasteiger partial charge in [-0.05, 0) is 32.0 Å². The van der Waals surface area contributed by atoms with E-state index >= 15 is 0 Å². The van der Waals surface area contributed by atoms with Crippen molar-refractivity contribution >= 4 is 21.9 Å². The van der Waals surface area contributed by atoms with E-state index in [4.69, 9.17) is 14.6 Å². The number of aromatic carboxylic acids is 1. The van der Waals surface area contributed by atoms with E-state index in [-0.39, 0.29) is 11.7 Å². The number of carbonyl (C=O) groups is 1. The van der Waals surface area contributed by atoms with Crippen LogP contribution in [-0.2, 0) is 4.74 Å². The molecule has 0 radical (unpaired) electrons. The highest BCUT2D eigenvalue weighted by Crippen LogP contribution is 2.24. The van der Waals surface area contributed by atoms with Gasteiger partial charge in [-0.3, -0.25) is 0 Å². The SMILES string of the molecule is CCOCC(C)Oc1ccc(Br)cc1C(=O)O. The van der Waals surface area contributed by atoms with Crippen molar-refractivity contribution < 1.29 is 19.4 Å². The summed E-state index contributed by atoms with van der Waals surface area (Å²) in [6.07, 6.45) is -0.186. The number of hydrogen-bond acceptors (Lipinski definition) is 3. The van der Waals surface area contributed by atoms with E-state index in [1.807, 2.05) is 13.8 Å². The van der Waals surface area contributed by atoms with E-state index in [0.29, 0.717) is 23.4 Å². The van der Waals surface area contributed by atoms with Crippen LogP contribution in [0.25, 0.3) is 0 Å². The fraction of sp³-hybridized carbons (Fsp3) is 0.417. The van der Waals surface area contributed by atoms with Gasteiger partial charge in [0.2, 0.25) is 0 Å². The fourth-order valence-electron chi connectivity index (χ4n) is 1.31. The third-order valence-electron chi connectivity index (χ3n) is 2.06. The lowest BCUT2D eigenvalue weighted by atomic mass is 10.2. The molecule has 1 aromatic rings. The van der Waals surface area contributed by atoms with Gasteiger partial charge in [0.1, 0.15) is 17.4 Å². The smallest absolute Gasteiger partial charge is 0.339 e. The number of carboxylic acid groups (broad SMARTS) is 1. The molecule has 0 fully saturated rings. The van der Waals surface area contributed by atoms with Crippen LogP contribution in [0, 0.1) is 0 Å². The van der Waals surface area contributed by atoms with Crippen molar-refractivity contribution in [3.63, 3.8) is 0 Å². The maximum absolute atomic E-state index is 11.0. The van der Waals surface area contributed by atoms with Gasteiger partial charge in [-0.15, -0.1) is 0 Å². The minimum atomic E-state index is -1.01. The number of rotatable bonds is 6. The Morgan fingerprint density at radius 1 is 1.53 bits per heavy atom. The quantitative estimate of drug-likeness (QED) is 0.878. The molecule has 1 unspecified atom stereocenters. The second-order valence-electron chi connectivity index (χ2n) is 3.53. The summed E-state index contributed by atoms with van der Waals surface area (Å²) in [5.74, 6) is -0.655. The summed E-state index contributed by atoms with van der Waals surface area (Å²) in [5.41, 5.74) is 0.141. The molecular weight excluding hydrogens is 288 g/mol. The van der Waals surface area contributed by atoms with Crippen molar-refractivity contribution in [1.82, 2.24) is 0 Å². The first-order valence-corrected chi connectivity index (χ1v) is 6.11. The molecule has 1 rings (SSSR count). The third-order valence-corrected chi connectivity index (χ3v) is 2.55. The topological polar surface area (TPSA) is 55.8 Å². The highest BCUT2D eigenvalue weighted by atomic mass is 79.9. The van der Waals surface area contributed by atoms with Gasteiger partial charge in [0, 0.05) is 11.1 Å². The van der Waals surface area contributed by atoms with Crippen LogP contribution >= 0.6 is 15.9 Å². The molecule has 4 nitrogen and oxygen atoms in total. The summed E-state index contributed by atoms with van der Waals surface area (Å²) < 4.78 is 11.5. The summed E-state index contributed by atoms with van der Waals surface area (Å²) in [4.78, 5) is 11.0. The molecule has 0 aliphatic carbocycles. The summed E-state index contributed by atoms with van der Waals surface area (Å²) in [6, 6.07) is 4.90. The molecule has 0 heterocycles. The van der Waals surface area contributed by atoms with E-state index in [9.17, 15) is 4.79 Å². The van der Waals surface area contributed by atoms with Crippen LogP contribution in [0.4, 0.5) is 0 Å². The minimum absolute atomic E-state index is 0.141. The van der Waals surface area contributed by atoms with E-state index < -0.39 is 5.97 Å². The largest absolute Gasteiger partial charge is 0.487 e. The normalized spacial score (nSPS) is 12.2. The average Bonchev–Trinajstić information content (AvgIpc) is 2.28. The van der Waals surface area contributed by atoms with Crippen LogP contribution < -0.4 is 4.74 Å². The minimum Gasteiger partial charge on any atom is -0.487 e. The lowest BCUT2D eigenvalue weighted by molar-refractivity contribution is 0.0607. The van der Waals surface area contributed by atoms with Crippen molar-refractivity contribution in [3.8, 4) is 5.75 Å². The Balaban J connectivity index is 2.79. The molecule has 94 valence electrons. The Labute approximate surface area is 109 Å². The second kappa shape index (κ2) is 6.61. The maximum Gasteiger partial charge on any atom is 0.339 e. The van der Waals surface area contributed by atoms with Crippen LogP contribution in [0.15, 0.2) is 22.7 Å². The molecule has 0 aromatic heterocycles. The van der Waals surface area contributed by atoms with Crippen LogP contribution in [0.5, 0.6) is 5.75 Å². The van der Waals surface area contributed by atoms with Gasteiger partial charge in [-0.2, -0.15) is 0 Å². The van der Waals surface area contributed by atoms with Gasteiger partial charge < -0.3 is 14.6 Å². The number of carboxylic acids is 1. The molecule has 1 atom stereocenters.